The highest BCUT2D eigenvalue weighted by Gasteiger charge is 2.22. The lowest BCUT2D eigenvalue weighted by atomic mass is 10.1. The van der Waals surface area contributed by atoms with Gasteiger partial charge in [-0.2, -0.15) is 5.26 Å². The zero-order chi connectivity index (χ0) is 20.8. The molecule has 1 atom stereocenters. The molecule has 10 heteroatoms. The van der Waals surface area contributed by atoms with E-state index in [4.69, 9.17) is 25.8 Å². The average molecular weight is 424 g/mol. The number of benzene rings is 1. The van der Waals surface area contributed by atoms with E-state index in [0.717, 1.165) is 0 Å². The molecular formula is C18H18ClN3O5S. The monoisotopic (exact) mass is 423 g/mol. The molecule has 0 spiro atoms. The third-order valence-electron chi connectivity index (χ3n) is 3.62. The summed E-state index contributed by atoms with van der Waals surface area (Å²) in [6.07, 6.45) is 0.836. The Hall–Kier alpha value is -2.70. The van der Waals surface area contributed by atoms with Crippen molar-refractivity contribution < 1.29 is 19.0 Å². The van der Waals surface area contributed by atoms with Crippen LogP contribution in [0.2, 0.25) is 5.02 Å². The van der Waals surface area contributed by atoms with Crippen LogP contribution in [-0.4, -0.2) is 42.0 Å². The fourth-order valence-electron chi connectivity index (χ4n) is 2.32. The first-order chi connectivity index (χ1) is 13.4. The molecule has 28 heavy (non-hydrogen) atoms. The van der Waals surface area contributed by atoms with E-state index in [9.17, 15) is 14.9 Å². The van der Waals surface area contributed by atoms with Crippen molar-refractivity contribution in [3.05, 3.63) is 33.1 Å². The predicted molar refractivity (Wildman–Crippen MR) is 105 cm³/mol. The van der Waals surface area contributed by atoms with Gasteiger partial charge in [-0.3, -0.25) is 4.79 Å². The summed E-state index contributed by atoms with van der Waals surface area (Å²) >= 11 is 7.57. The third kappa shape index (κ3) is 4.58. The molecule has 1 N–H and O–H groups in total. The molecule has 0 aliphatic heterocycles. The van der Waals surface area contributed by atoms with Gasteiger partial charge in [-0.05, 0) is 32.2 Å². The summed E-state index contributed by atoms with van der Waals surface area (Å²) in [4.78, 5) is 30.8. The lowest BCUT2D eigenvalue weighted by Gasteiger charge is -2.18. The lowest BCUT2D eigenvalue weighted by molar-refractivity contribution is -0.150. The van der Waals surface area contributed by atoms with Crippen LogP contribution >= 0.6 is 23.4 Å². The molecule has 0 radical (unpaired) electrons. The number of nitriles is 1. The van der Waals surface area contributed by atoms with Gasteiger partial charge in [0.25, 0.3) is 5.56 Å². The molecule has 0 amide bonds. The molecule has 1 aromatic heterocycles. The number of halogens is 1. The van der Waals surface area contributed by atoms with E-state index < -0.39 is 17.6 Å². The molecule has 1 aromatic carbocycles. The second-order valence-electron chi connectivity index (χ2n) is 5.41. The third-order valence-corrected chi connectivity index (χ3v) is 4.48. The average Bonchev–Trinajstić information content (AvgIpc) is 2.68. The fraction of sp³-hybridized carbons (Fsp3) is 0.333. The van der Waals surface area contributed by atoms with Crippen molar-refractivity contribution in [3.8, 4) is 28.8 Å². The second kappa shape index (κ2) is 9.48. The summed E-state index contributed by atoms with van der Waals surface area (Å²) < 4.78 is 15.9. The van der Waals surface area contributed by atoms with E-state index in [2.05, 4.69) is 9.97 Å². The van der Waals surface area contributed by atoms with Gasteiger partial charge in [0.15, 0.2) is 22.8 Å². The van der Waals surface area contributed by atoms with Crippen molar-refractivity contribution >= 4 is 29.3 Å². The van der Waals surface area contributed by atoms with Gasteiger partial charge < -0.3 is 19.2 Å². The molecule has 1 unspecified atom stereocenters. The van der Waals surface area contributed by atoms with Crippen molar-refractivity contribution in [1.29, 1.82) is 5.26 Å². The van der Waals surface area contributed by atoms with E-state index >= 15 is 0 Å². The van der Waals surface area contributed by atoms with Crippen LogP contribution in [0, 0.1) is 11.3 Å². The molecule has 0 aliphatic carbocycles. The fourth-order valence-corrected chi connectivity index (χ4v) is 2.95. The molecule has 0 bridgehead atoms. The van der Waals surface area contributed by atoms with Gasteiger partial charge in [-0.15, -0.1) is 0 Å². The normalized spacial score (nSPS) is 11.4. The van der Waals surface area contributed by atoms with Crippen LogP contribution in [0.4, 0.5) is 0 Å². The molecule has 2 rings (SSSR count). The molecule has 0 saturated carbocycles. The quantitative estimate of drug-likeness (QED) is 0.410. The number of methoxy groups -OCH3 is 1. The number of esters is 1. The first-order valence-corrected chi connectivity index (χ1v) is 9.76. The minimum Gasteiger partial charge on any atom is -0.493 e. The SMILES string of the molecule is CCOC(=O)C(C)Oc1c(Cl)cc(-c2nc(SC)[nH]c(=O)c2C#N)cc1OC. The van der Waals surface area contributed by atoms with Crippen molar-refractivity contribution in [2.75, 3.05) is 20.0 Å². The van der Waals surface area contributed by atoms with E-state index in [1.54, 1.807) is 13.2 Å². The number of hydrogen-bond donors (Lipinski definition) is 1. The number of thioether (sulfide) groups is 1. The highest BCUT2D eigenvalue weighted by atomic mass is 35.5. The Balaban J connectivity index is 2.55. The molecule has 8 nitrogen and oxygen atoms in total. The summed E-state index contributed by atoms with van der Waals surface area (Å²) in [5, 5.41) is 9.83. The van der Waals surface area contributed by atoms with E-state index in [1.165, 1.54) is 37.9 Å². The smallest absolute Gasteiger partial charge is 0.347 e. The Morgan fingerprint density at radius 1 is 1.46 bits per heavy atom. The Labute approximate surface area is 170 Å². The minimum atomic E-state index is -0.910. The maximum atomic E-state index is 12.1. The van der Waals surface area contributed by atoms with Crippen molar-refractivity contribution in [2.45, 2.75) is 25.1 Å². The summed E-state index contributed by atoms with van der Waals surface area (Å²) in [6.45, 7) is 3.44. The number of nitrogens with zero attached hydrogens (tertiary/aromatic N) is 2. The first-order valence-electron chi connectivity index (χ1n) is 8.15. The molecule has 148 valence electrons. The number of nitrogens with one attached hydrogen (secondary N) is 1. The summed E-state index contributed by atoms with van der Waals surface area (Å²) in [5.41, 5.74) is -0.135. The Morgan fingerprint density at radius 3 is 2.75 bits per heavy atom. The molecule has 0 fully saturated rings. The summed E-state index contributed by atoms with van der Waals surface area (Å²) in [7, 11) is 1.40. The van der Waals surface area contributed by atoms with Gasteiger partial charge in [0.1, 0.15) is 11.6 Å². The van der Waals surface area contributed by atoms with Crippen LogP contribution in [0.3, 0.4) is 0 Å². The second-order valence-corrected chi connectivity index (χ2v) is 6.61. The highest BCUT2D eigenvalue weighted by molar-refractivity contribution is 7.98. The molecule has 1 heterocycles. The Bertz CT molecular complexity index is 986. The lowest BCUT2D eigenvalue weighted by Crippen LogP contribution is -2.26. The largest absolute Gasteiger partial charge is 0.493 e. The number of carbonyl (C=O) groups is 1. The summed E-state index contributed by atoms with van der Waals surface area (Å²) in [5.74, 6) is -0.186. The van der Waals surface area contributed by atoms with Gasteiger partial charge in [-0.25, -0.2) is 9.78 Å². The first kappa shape index (κ1) is 21.6. The van der Waals surface area contributed by atoms with Gasteiger partial charge in [0.2, 0.25) is 0 Å². The van der Waals surface area contributed by atoms with Gasteiger partial charge >= 0.3 is 5.97 Å². The topological polar surface area (TPSA) is 114 Å². The summed E-state index contributed by atoms with van der Waals surface area (Å²) in [6, 6.07) is 4.88. The number of rotatable bonds is 7. The van der Waals surface area contributed by atoms with Crippen LogP contribution < -0.4 is 15.0 Å². The minimum absolute atomic E-state index is 0.127. The van der Waals surface area contributed by atoms with E-state index in [0.29, 0.717) is 10.7 Å². The number of carbonyl (C=O) groups excluding carboxylic acids is 1. The van der Waals surface area contributed by atoms with Gasteiger partial charge in [0, 0.05) is 5.56 Å². The highest BCUT2D eigenvalue weighted by Crippen LogP contribution is 2.40. The van der Waals surface area contributed by atoms with E-state index in [1.807, 2.05) is 6.07 Å². The maximum absolute atomic E-state index is 12.1. The van der Waals surface area contributed by atoms with Crippen molar-refractivity contribution in [3.63, 3.8) is 0 Å². The number of H-pyrrole nitrogens is 1. The number of hydrogen-bond acceptors (Lipinski definition) is 8. The van der Waals surface area contributed by atoms with Gasteiger partial charge in [0.05, 0.1) is 24.4 Å². The number of aromatic amines is 1. The maximum Gasteiger partial charge on any atom is 0.347 e. The van der Waals surface area contributed by atoms with Gasteiger partial charge in [-0.1, -0.05) is 23.4 Å². The number of aromatic nitrogens is 2. The van der Waals surface area contributed by atoms with E-state index in [-0.39, 0.29) is 34.4 Å². The molecule has 0 saturated heterocycles. The van der Waals surface area contributed by atoms with Crippen LogP contribution in [0.15, 0.2) is 22.1 Å². The molecule has 0 aliphatic rings. The standard InChI is InChI=1S/C18H18ClN3O5S/c1-5-26-17(24)9(2)27-15-12(19)6-10(7-13(15)25-3)14-11(8-20)16(23)22-18(21-14)28-4/h6-7,9H,5H2,1-4H3,(H,21,22,23). The molecular weight excluding hydrogens is 406 g/mol. The van der Waals surface area contributed by atoms with Crippen LogP contribution in [0.5, 0.6) is 11.5 Å². The zero-order valence-electron chi connectivity index (χ0n) is 15.7. The van der Waals surface area contributed by atoms with Crippen molar-refractivity contribution in [1.82, 2.24) is 9.97 Å². The molecule has 2 aromatic rings. The van der Waals surface area contributed by atoms with Crippen LogP contribution in [0.25, 0.3) is 11.3 Å². The Morgan fingerprint density at radius 2 is 2.18 bits per heavy atom. The van der Waals surface area contributed by atoms with Crippen LogP contribution in [0.1, 0.15) is 19.4 Å². The predicted octanol–water partition coefficient (Wildman–Crippen LogP) is 3.02. The van der Waals surface area contributed by atoms with Crippen molar-refractivity contribution in [2.24, 2.45) is 0 Å². The number of ether oxygens (including phenoxy) is 3. The Kier molecular flexibility index (Phi) is 7.31. The zero-order valence-corrected chi connectivity index (χ0v) is 17.2. The van der Waals surface area contributed by atoms with Crippen LogP contribution in [-0.2, 0) is 9.53 Å².